The molecule has 0 spiro atoms. The summed E-state index contributed by atoms with van der Waals surface area (Å²) in [6.45, 7) is 6.39. The average molecular weight is 277 g/mol. The smallest absolute Gasteiger partial charge is 0.255 e. The molecule has 2 heterocycles. The summed E-state index contributed by atoms with van der Waals surface area (Å²) in [5, 5.41) is 6.17. The Balaban J connectivity index is 1.94. The minimum Gasteiger partial charge on any atom is -0.378 e. The summed E-state index contributed by atoms with van der Waals surface area (Å²) in [6, 6.07) is 3.59. The minimum absolute atomic E-state index is 0.0733. The summed E-state index contributed by atoms with van der Waals surface area (Å²) < 4.78 is 5.50. The van der Waals surface area contributed by atoms with Gasteiger partial charge in [-0.3, -0.25) is 4.79 Å². The molecule has 0 saturated carbocycles. The first-order valence-corrected chi connectivity index (χ1v) is 7.31. The van der Waals surface area contributed by atoms with E-state index in [-0.39, 0.29) is 12.0 Å². The molecule has 1 aliphatic heterocycles. The van der Waals surface area contributed by atoms with Gasteiger partial charge in [-0.15, -0.1) is 0 Å². The number of pyridine rings is 1. The van der Waals surface area contributed by atoms with Gasteiger partial charge in [-0.1, -0.05) is 6.92 Å². The van der Waals surface area contributed by atoms with E-state index in [1.54, 1.807) is 18.3 Å². The SMILES string of the molecule is CCCNc1ncccc1C(=O)NCC1CCOC1C. The highest BCUT2D eigenvalue weighted by atomic mass is 16.5. The Morgan fingerprint density at radius 1 is 1.55 bits per heavy atom. The van der Waals surface area contributed by atoms with Crippen LogP contribution in [0.3, 0.4) is 0 Å². The van der Waals surface area contributed by atoms with Gasteiger partial charge in [-0.25, -0.2) is 4.98 Å². The van der Waals surface area contributed by atoms with E-state index in [0.29, 0.717) is 23.8 Å². The van der Waals surface area contributed by atoms with Crippen LogP contribution in [0.4, 0.5) is 5.82 Å². The molecule has 1 saturated heterocycles. The third-order valence-electron chi connectivity index (χ3n) is 3.65. The molecule has 5 heteroatoms. The maximum absolute atomic E-state index is 12.3. The Morgan fingerprint density at radius 2 is 2.40 bits per heavy atom. The summed E-state index contributed by atoms with van der Waals surface area (Å²) in [7, 11) is 0. The molecule has 1 aromatic heterocycles. The molecule has 0 bridgehead atoms. The van der Waals surface area contributed by atoms with Gasteiger partial charge < -0.3 is 15.4 Å². The van der Waals surface area contributed by atoms with Crippen LogP contribution in [-0.4, -0.2) is 36.7 Å². The van der Waals surface area contributed by atoms with Crippen molar-refractivity contribution in [2.45, 2.75) is 32.8 Å². The standard InChI is InChI=1S/C15H23N3O2/c1-3-7-16-14-13(5-4-8-17-14)15(19)18-10-12-6-9-20-11(12)2/h4-5,8,11-12H,3,6-7,9-10H2,1-2H3,(H,16,17)(H,18,19). The highest BCUT2D eigenvalue weighted by Crippen LogP contribution is 2.19. The lowest BCUT2D eigenvalue weighted by molar-refractivity contribution is 0.0908. The molecule has 110 valence electrons. The number of aromatic nitrogens is 1. The van der Waals surface area contributed by atoms with E-state index in [1.807, 2.05) is 0 Å². The second-order valence-corrected chi connectivity index (χ2v) is 5.16. The van der Waals surface area contributed by atoms with Crippen molar-refractivity contribution in [3.63, 3.8) is 0 Å². The quantitative estimate of drug-likeness (QED) is 0.835. The first-order valence-electron chi connectivity index (χ1n) is 7.31. The Hall–Kier alpha value is -1.62. The summed E-state index contributed by atoms with van der Waals surface area (Å²) in [5.41, 5.74) is 0.604. The first kappa shape index (κ1) is 14.8. The fraction of sp³-hybridized carbons (Fsp3) is 0.600. The Kier molecular flexibility index (Phi) is 5.35. The predicted octanol–water partition coefficient (Wildman–Crippen LogP) is 2.06. The lowest BCUT2D eigenvalue weighted by Crippen LogP contribution is -2.32. The second kappa shape index (κ2) is 7.24. The monoisotopic (exact) mass is 277 g/mol. The molecular weight excluding hydrogens is 254 g/mol. The van der Waals surface area contributed by atoms with Crippen LogP contribution >= 0.6 is 0 Å². The molecule has 5 nitrogen and oxygen atoms in total. The molecule has 0 aliphatic carbocycles. The highest BCUT2D eigenvalue weighted by molar-refractivity contribution is 5.98. The first-order chi connectivity index (χ1) is 9.72. The third kappa shape index (κ3) is 3.70. The number of amides is 1. The maximum Gasteiger partial charge on any atom is 0.255 e. The molecule has 1 aliphatic rings. The fourth-order valence-electron chi connectivity index (χ4n) is 2.34. The summed E-state index contributed by atoms with van der Waals surface area (Å²) in [6.07, 6.45) is 3.92. The van der Waals surface area contributed by atoms with E-state index in [1.165, 1.54) is 0 Å². The molecule has 0 radical (unpaired) electrons. The van der Waals surface area contributed by atoms with Crippen LogP contribution in [0.5, 0.6) is 0 Å². The number of rotatable bonds is 6. The normalized spacial score (nSPS) is 21.7. The molecule has 2 atom stereocenters. The number of hydrogen-bond donors (Lipinski definition) is 2. The molecular formula is C15H23N3O2. The summed E-state index contributed by atoms with van der Waals surface area (Å²) in [5.74, 6) is 0.987. The van der Waals surface area contributed by atoms with E-state index in [0.717, 1.165) is 26.0 Å². The molecule has 1 amide bonds. The van der Waals surface area contributed by atoms with E-state index in [2.05, 4.69) is 29.5 Å². The highest BCUT2D eigenvalue weighted by Gasteiger charge is 2.24. The largest absolute Gasteiger partial charge is 0.378 e. The minimum atomic E-state index is -0.0733. The van der Waals surface area contributed by atoms with Crippen molar-refractivity contribution in [1.29, 1.82) is 0 Å². The third-order valence-corrected chi connectivity index (χ3v) is 3.65. The van der Waals surface area contributed by atoms with Gasteiger partial charge in [-0.05, 0) is 31.9 Å². The van der Waals surface area contributed by atoms with Crippen LogP contribution in [0, 0.1) is 5.92 Å². The number of anilines is 1. The number of nitrogens with one attached hydrogen (secondary N) is 2. The number of carbonyl (C=O) groups is 1. The van der Waals surface area contributed by atoms with Gasteiger partial charge >= 0.3 is 0 Å². The van der Waals surface area contributed by atoms with Crippen LogP contribution in [0.15, 0.2) is 18.3 Å². The van der Waals surface area contributed by atoms with E-state index in [9.17, 15) is 4.79 Å². The van der Waals surface area contributed by atoms with Crippen molar-refractivity contribution in [3.05, 3.63) is 23.9 Å². The molecule has 1 fully saturated rings. The number of ether oxygens (including phenoxy) is 1. The van der Waals surface area contributed by atoms with Gasteiger partial charge in [0.05, 0.1) is 11.7 Å². The molecule has 2 unspecified atom stereocenters. The van der Waals surface area contributed by atoms with Gasteiger partial charge in [-0.2, -0.15) is 0 Å². The van der Waals surface area contributed by atoms with Gasteiger partial charge in [0.1, 0.15) is 5.82 Å². The second-order valence-electron chi connectivity index (χ2n) is 5.16. The van der Waals surface area contributed by atoms with Crippen LogP contribution in [0.1, 0.15) is 37.0 Å². The van der Waals surface area contributed by atoms with Gasteiger partial charge in [0.15, 0.2) is 0 Å². The molecule has 0 aromatic carbocycles. The van der Waals surface area contributed by atoms with Crippen molar-refractivity contribution in [2.75, 3.05) is 25.0 Å². The van der Waals surface area contributed by atoms with Crippen LogP contribution in [-0.2, 0) is 4.74 Å². The number of carbonyl (C=O) groups excluding carboxylic acids is 1. The van der Waals surface area contributed by atoms with Crippen LogP contribution in [0.2, 0.25) is 0 Å². The summed E-state index contributed by atoms with van der Waals surface area (Å²) in [4.78, 5) is 16.5. The molecule has 2 N–H and O–H groups in total. The topological polar surface area (TPSA) is 63.2 Å². The van der Waals surface area contributed by atoms with Gasteiger partial charge in [0.2, 0.25) is 0 Å². The van der Waals surface area contributed by atoms with Crippen molar-refractivity contribution in [3.8, 4) is 0 Å². The fourth-order valence-corrected chi connectivity index (χ4v) is 2.34. The average Bonchev–Trinajstić information content (AvgIpc) is 2.88. The molecule has 2 rings (SSSR count). The van der Waals surface area contributed by atoms with Crippen molar-refractivity contribution >= 4 is 11.7 Å². The van der Waals surface area contributed by atoms with Crippen LogP contribution < -0.4 is 10.6 Å². The van der Waals surface area contributed by atoms with Gasteiger partial charge in [0.25, 0.3) is 5.91 Å². The zero-order valence-electron chi connectivity index (χ0n) is 12.2. The lowest BCUT2D eigenvalue weighted by atomic mass is 10.0. The van der Waals surface area contributed by atoms with Crippen LogP contribution in [0.25, 0.3) is 0 Å². The van der Waals surface area contributed by atoms with Gasteiger partial charge in [0, 0.05) is 31.8 Å². The van der Waals surface area contributed by atoms with Crippen molar-refractivity contribution in [2.24, 2.45) is 5.92 Å². The van der Waals surface area contributed by atoms with Crippen molar-refractivity contribution in [1.82, 2.24) is 10.3 Å². The Labute approximate surface area is 120 Å². The number of hydrogen-bond acceptors (Lipinski definition) is 4. The predicted molar refractivity (Wildman–Crippen MR) is 78.9 cm³/mol. The van der Waals surface area contributed by atoms with E-state index < -0.39 is 0 Å². The zero-order chi connectivity index (χ0) is 14.4. The summed E-state index contributed by atoms with van der Waals surface area (Å²) >= 11 is 0. The van der Waals surface area contributed by atoms with Crippen molar-refractivity contribution < 1.29 is 9.53 Å². The zero-order valence-corrected chi connectivity index (χ0v) is 12.2. The number of nitrogens with zero attached hydrogens (tertiary/aromatic N) is 1. The van der Waals surface area contributed by atoms with E-state index >= 15 is 0 Å². The lowest BCUT2D eigenvalue weighted by Gasteiger charge is -2.15. The molecule has 1 aromatic rings. The maximum atomic E-state index is 12.3. The van der Waals surface area contributed by atoms with E-state index in [4.69, 9.17) is 4.74 Å². The Morgan fingerprint density at radius 3 is 3.10 bits per heavy atom. The molecule has 20 heavy (non-hydrogen) atoms. The Bertz CT molecular complexity index is 450.